The molecule has 2 amide bonds. The van der Waals surface area contributed by atoms with E-state index >= 15 is 0 Å². The summed E-state index contributed by atoms with van der Waals surface area (Å²) < 4.78 is 12.9. The Morgan fingerprint density at radius 2 is 1.92 bits per heavy atom. The molecule has 5 heteroatoms. The van der Waals surface area contributed by atoms with Crippen molar-refractivity contribution in [2.45, 2.75) is 26.8 Å². The third kappa shape index (κ3) is 3.71. The second-order valence-corrected chi connectivity index (χ2v) is 6.47. The van der Waals surface area contributed by atoms with Gasteiger partial charge in [0.15, 0.2) is 0 Å². The Balaban J connectivity index is 1.64. The van der Waals surface area contributed by atoms with E-state index in [2.05, 4.69) is 5.32 Å². The lowest BCUT2D eigenvalue weighted by atomic mass is 10.1. The van der Waals surface area contributed by atoms with Crippen molar-refractivity contribution < 1.29 is 14.0 Å². The monoisotopic (exact) mass is 340 g/mol. The van der Waals surface area contributed by atoms with Gasteiger partial charge in [-0.15, -0.1) is 0 Å². The van der Waals surface area contributed by atoms with Crippen LogP contribution in [0.1, 0.15) is 23.1 Å². The lowest BCUT2D eigenvalue weighted by molar-refractivity contribution is -0.126. The van der Waals surface area contributed by atoms with Crippen LogP contribution in [0.4, 0.5) is 10.1 Å². The van der Waals surface area contributed by atoms with Gasteiger partial charge in [-0.25, -0.2) is 4.39 Å². The molecule has 0 saturated carbocycles. The Bertz CT molecular complexity index is 802. The zero-order valence-electron chi connectivity index (χ0n) is 14.4. The van der Waals surface area contributed by atoms with Crippen molar-refractivity contribution in [3.05, 3.63) is 65.0 Å². The molecule has 3 rings (SSSR count). The summed E-state index contributed by atoms with van der Waals surface area (Å²) in [5, 5.41) is 2.84. The van der Waals surface area contributed by atoms with Crippen LogP contribution in [0.5, 0.6) is 0 Å². The highest BCUT2D eigenvalue weighted by molar-refractivity contribution is 6.00. The number of carbonyl (C=O) groups excluding carboxylic acids is 2. The van der Waals surface area contributed by atoms with Gasteiger partial charge in [0, 0.05) is 25.2 Å². The smallest absolute Gasteiger partial charge is 0.227 e. The number of halogens is 1. The van der Waals surface area contributed by atoms with Crippen LogP contribution >= 0.6 is 0 Å². The van der Waals surface area contributed by atoms with Crippen molar-refractivity contribution in [3.63, 3.8) is 0 Å². The van der Waals surface area contributed by atoms with E-state index in [1.54, 1.807) is 17.0 Å². The van der Waals surface area contributed by atoms with Gasteiger partial charge in [0.2, 0.25) is 11.8 Å². The molecule has 0 radical (unpaired) electrons. The highest BCUT2D eigenvalue weighted by Crippen LogP contribution is 2.29. The van der Waals surface area contributed by atoms with E-state index in [1.807, 2.05) is 32.0 Å². The van der Waals surface area contributed by atoms with E-state index in [0.29, 0.717) is 13.1 Å². The quantitative estimate of drug-likeness (QED) is 0.930. The second kappa shape index (κ2) is 7.05. The van der Waals surface area contributed by atoms with Crippen LogP contribution in [0.3, 0.4) is 0 Å². The minimum Gasteiger partial charge on any atom is -0.352 e. The third-order valence-corrected chi connectivity index (χ3v) is 4.74. The first-order chi connectivity index (χ1) is 12.0. The van der Waals surface area contributed by atoms with Crippen molar-refractivity contribution in [2.75, 3.05) is 11.4 Å². The topological polar surface area (TPSA) is 49.4 Å². The fraction of sp³-hybridized carbons (Fsp3) is 0.300. The molecule has 1 heterocycles. The van der Waals surface area contributed by atoms with Crippen molar-refractivity contribution in [3.8, 4) is 0 Å². The first-order valence-electron chi connectivity index (χ1n) is 8.34. The normalized spacial score (nSPS) is 17.0. The maximum Gasteiger partial charge on any atom is 0.227 e. The number of rotatable bonds is 4. The van der Waals surface area contributed by atoms with Gasteiger partial charge in [-0.05, 0) is 48.7 Å². The molecule has 130 valence electrons. The first kappa shape index (κ1) is 17.1. The average Bonchev–Trinajstić information content (AvgIpc) is 2.98. The van der Waals surface area contributed by atoms with Crippen LogP contribution in [-0.4, -0.2) is 18.4 Å². The Morgan fingerprint density at radius 1 is 1.20 bits per heavy atom. The largest absolute Gasteiger partial charge is 0.352 e. The molecule has 1 saturated heterocycles. The number of benzene rings is 2. The number of hydrogen-bond donors (Lipinski definition) is 1. The number of anilines is 1. The molecule has 0 spiro atoms. The molecular weight excluding hydrogens is 319 g/mol. The average molecular weight is 340 g/mol. The van der Waals surface area contributed by atoms with Crippen LogP contribution < -0.4 is 10.2 Å². The van der Waals surface area contributed by atoms with Gasteiger partial charge in [0.05, 0.1) is 5.92 Å². The summed E-state index contributed by atoms with van der Waals surface area (Å²) in [5.74, 6) is -0.852. The molecule has 1 aliphatic heterocycles. The zero-order chi connectivity index (χ0) is 18.0. The summed E-state index contributed by atoms with van der Waals surface area (Å²) >= 11 is 0. The third-order valence-electron chi connectivity index (χ3n) is 4.74. The number of nitrogens with zero attached hydrogens (tertiary/aromatic N) is 1. The van der Waals surface area contributed by atoms with E-state index < -0.39 is 0 Å². The minimum absolute atomic E-state index is 0.0318. The highest BCUT2D eigenvalue weighted by atomic mass is 19.1. The Kier molecular flexibility index (Phi) is 4.83. The van der Waals surface area contributed by atoms with E-state index in [9.17, 15) is 14.0 Å². The molecule has 0 aromatic heterocycles. The van der Waals surface area contributed by atoms with Crippen LogP contribution in [-0.2, 0) is 16.1 Å². The molecule has 25 heavy (non-hydrogen) atoms. The zero-order valence-corrected chi connectivity index (χ0v) is 14.4. The number of hydrogen-bond acceptors (Lipinski definition) is 2. The maximum atomic E-state index is 12.9. The van der Waals surface area contributed by atoms with Crippen molar-refractivity contribution in [1.82, 2.24) is 5.32 Å². The van der Waals surface area contributed by atoms with Crippen molar-refractivity contribution >= 4 is 17.5 Å². The maximum absolute atomic E-state index is 12.9. The molecule has 0 bridgehead atoms. The summed E-state index contributed by atoms with van der Waals surface area (Å²) in [4.78, 5) is 26.5. The Hall–Kier alpha value is -2.69. The molecular formula is C20H21FN2O2. The summed E-state index contributed by atoms with van der Waals surface area (Å²) in [6, 6.07) is 11.8. The van der Waals surface area contributed by atoms with Gasteiger partial charge in [-0.2, -0.15) is 0 Å². The lowest BCUT2D eigenvalue weighted by Crippen LogP contribution is -2.32. The molecule has 0 aliphatic carbocycles. The summed E-state index contributed by atoms with van der Waals surface area (Å²) in [5.41, 5.74) is 3.88. The van der Waals surface area contributed by atoms with Gasteiger partial charge in [-0.1, -0.05) is 24.3 Å². The summed E-state index contributed by atoms with van der Waals surface area (Å²) in [6.45, 7) is 4.71. The molecule has 1 aliphatic rings. The number of carbonyl (C=O) groups is 2. The van der Waals surface area contributed by atoms with Crippen LogP contribution in [0, 0.1) is 25.6 Å². The standard InChI is InChI=1S/C20H21FN2O2/c1-13-4-3-5-18(14(13)2)23-12-16(10-19(23)24)20(25)22-11-15-6-8-17(21)9-7-15/h3-9,16H,10-12H2,1-2H3,(H,22,25)/t16-/m1/s1. The fourth-order valence-electron chi connectivity index (χ4n) is 3.08. The van der Waals surface area contributed by atoms with Gasteiger partial charge >= 0.3 is 0 Å². The number of amides is 2. The molecule has 0 unspecified atom stereocenters. The molecule has 2 aromatic carbocycles. The van der Waals surface area contributed by atoms with E-state index in [0.717, 1.165) is 22.4 Å². The van der Waals surface area contributed by atoms with Crippen molar-refractivity contribution in [2.24, 2.45) is 5.92 Å². The van der Waals surface area contributed by atoms with E-state index in [1.165, 1.54) is 12.1 Å². The van der Waals surface area contributed by atoms with E-state index in [4.69, 9.17) is 0 Å². The molecule has 1 fully saturated rings. The van der Waals surface area contributed by atoms with Gasteiger partial charge in [0.1, 0.15) is 5.82 Å². The SMILES string of the molecule is Cc1cccc(N2C[C@H](C(=O)NCc3ccc(F)cc3)CC2=O)c1C. The Morgan fingerprint density at radius 3 is 2.64 bits per heavy atom. The highest BCUT2D eigenvalue weighted by Gasteiger charge is 2.35. The van der Waals surface area contributed by atoms with Gasteiger partial charge < -0.3 is 10.2 Å². The lowest BCUT2D eigenvalue weighted by Gasteiger charge is -2.20. The predicted octanol–water partition coefficient (Wildman–Crippen LogP) is 3.11. The molecule has 1 N–H and O–H groups in total. The first-order valence-corrected chi connectivity index (χ1v) is 8.34. The molecule has 2 aromatic rings. The van der Waals surface area contributed by atoms with Crippen molar-refractivity contribution in [1.29, 1.82) is 0 Å². The van der Waals surface area contributed by atoms with Crippen LogP contribution in [0.25, 0.3) is 0 Å². The fourth-order valence-corrected chi connectivity index (χ4v) is 3.08. The minimum atomic E-state index is -0.368. The summed E-state index contributed by atoms with van der Waals surface area (Å²) in [7, 11) is 0. The molecule has 1 atom stereocenters. The Labute approximate surface area is 146 Å². The second-order valence-electron chi connectivity index (χ2n) is 6.47. The van der Waals surface area contributed by atoms with Gasteiger partial charge in [0.25, 0.3) is 0 Å². The number of nitrogens with one attached hydrogen (secondary N) is 1. The van der Waals surface area contributed by atoms with Crippen LogP contribution in [0.2, 0.25) is 0 Å². The molecule has 4 nitrogen and oxygen atoms in total. The predicted molar refractivity (Wildman–Crippen MR) is 94.6 cm³/mol. The summed E-state index contributed by atoms with van der Waals surface area (Å²) in [6.07, 6.45) is 0.211. The van der Waals surface area contributed by atoms with E-state index in [-0.39, 0.29) is 30.0 Å². The van der Waals surface area contributed by atoms with Gasteiger partial charge in [-0.3, -0.25) is 9.59 Å². The number of aryl methyl sites for hydroxylation is 1. The van der Waals surface area contributed by atoms with Crippen LogP contribution in [0.15, 0.2) is 42.5 Å².